The summed E-state index contributed by atoms with van der Waals surface area (Å²) >= 11 is 0. The highest BCUT2D eigenvalue weighted by atomic mass is 16.8. The van der Waals surface area contributed by atoms with Crippen molar-refractivity contribution in [3.8, 4) is 0 Å². The molecule has 0 amide bonds. The van der Waals surface area contributed by atoms with Crippen molar-refractivity contribution in [3.05, 3.63) is 0 Å². The van der Waals surface area contributed by atoms with E-state index in [1.54, 1.807) is 0 Å². The van der Waals surface area contributed by atoms with Crippen molar-refractivity contribution in [2.24, 2.45) is 0 Å². The predicted octanol–water partition coefficient (Wildman–Crippen LogP) is -13.4. The molecule has 28 fully saturated rings. The van der Waals surface area contributed by atoms with Gasteiger partial charge in [-0.15, -0.1) is 0 Å². The highest BCUT2D eigenvalue weighted by Gasteiger charge is 2.61. The zero-order chi connectivity index (χ0) is 83.9. The van der Waals surface area contributed by atoms with Gasteiger partial charge in [-0.05, 0) is 49.3 Å². The van der Waals surface area contributed by atoms with E-state index in [1.165, 1.54) is 0 Å². The third-order valence-corrected chi connectivity index (χ3v) is 27.8. The molecule has 0 aromatic carbocycles. The van der Waals surface area contributed by atoms with Crippen LogP contribution in [0.15, 0.2) is 0 Å². The third-order valence-electron chi connectivity index (χ3n) is 27.8. The fraction of sp³-hybridized carbons (Fsp3) is 1.00. The Morgan fingerprint density at radius 3 is 0.353 bits per heavy atom. The molecule has 28 aliphatic heterocycles. The smallest absolute Gasteiger partial charge is 0.187 e. The average Bonchev–Trinajstić information content (AvgIpc) is 0.815. The van der Waals surface area contributed by atoms with Gasteiger partial charge in [0.15, 0.2) is 44.0 Å². The first-order valence-electron chi connectivity index (χ1n) is 43.6. The van der Waals surface area contributed by atoms with Crippen LogP contribution >= 0.6 is 0 Å². The minimum Gasteiger partial charge on any atom is -0.387 e. The van der Waals surface area contributed by atoms with E-state index in [-0.39, 0.29) is 45.8 Å². The number of likely N-dealkylation sites (N-methyl/N-ethyl adjacent to an activating group) is 7. The zero-order valence-electron chi connectivity index (χ0n) is 70.2. The Hall–Kier alpha value is -1.68. The van der Waals surface area contributed by atoms with E-state index in [1.807, 2.05) is 49.3 Å². The number of hydrogen-bond donors (Lipinski definition) is 14. The van der Waals surface area contributed by atoms with Crippen molar-refractivity contribution in [1.29, 1.82) is 0 Å². The molecule has 0 spiro atoms. The van der Waals surface area contributed by atoms with Gasteiger partial charge in [0.25, 0.3) is 0 Å². The molecule has 686 valence electrons. The molecule has 28 heterocycles. The zero-order valence-corrected chi connectivity index (χ0v) is 70.2. The van der Waals surface area contributed by atoms with Crippen molar-refractivity contribution in [3.63, 3.8) is 0 Å². The summed E-state index contributed by atoms with van der Waals surface area (Å²) in [7, 11) is 14.0. The van der Waals surface area contributed by atoms with Crippen LogP contribution in [0, 0.1) is 0 Å². The molecular weight excluding hydrogens is 1570 g/mol. The van der Waals surface area contributed by atoms with Crippen molar-refractivity contribution in [2.75, 3.05) is 278 Å². The van der Waals surface area contributed by atoms with E-state index in [0.29, 0.717) is 183 Å². The summed E-state index contributed by atoms with van der Waals surface area (Å²) in [4.78, 5) is 29.7. The fourth-order valence-corrected chi connectivity index (χ4v) is 19.4. The minimum absolute atomic E-state index is 0.0577. The van der Waals surface area contributed by atoms with Crippen LogP contribution < -0.4 is 0 Å². The van der Waals surface area contributed by atoms with Crippen molar-refractivity contribution in [1.82, 2.24) is 68.6 Å². The molecule has 0 saturated carbocycles. The van der Waals surface area contributed by atoms with Crippen molar-refractivity contribution < 1.29 is 138 Å². The molecule has 28 rings (SSSR count). The molecule has 0 radical (unpaired) electrons. The van der Waals surface area contributed by atoms with Crippen LogP contribution in [-0.4, -0.2) is 633 Å². The molecule has 0 unspecified atom stereocenters. The number of aliphatic hydroxyl groups is 14. The standard InChI is InChI=1S/C77H140N14O28/c1-78-8-22-85(23-9-78)36-43-64-50(92)57(99)71(106-43)114-65-44(37-86-24-10-79(2)11-25-86)108-73(59(101)52(65)94)116-67-46(39-88-28-14-81(4)15-29-88)110-75(61(103)54(67)96)118-69-48(41-90-32-18-83(6)19-33-90)112-77(63(105)56(69)98)119-70-49(42-91-34-20-84(7)21-35-91)111-76(62(104)55(70)97)117-68-47(40-89-30-16-82(5)17-31-89)109-74(60(102)53(68)95)115-66-45(38-87-26-12-80(3)13-27-87)107-72(113-64)58(100)51(66)93/h43-77,92-105H,8-42H2,1-7H3/t43-,44-,45-,46-,47-,48-,49-,50-,51-,52-,53-,54-,55-,56-,57-,58-,59-,60-,61-,62-,63-,64-,65-,66-,67-,68-,69-,70-,71-,72-,73-,74-,75-,76-,77-/m1/s1. The molecule has 119 heavy (non-hydrogen) atoms. The van der Waals surface area contributed by atoms with Crippen LogP contribution in [0.3, 0.4) is 0 Å². The molecule has 14 bridgehead atoms. The lowest BCUT2D eigenvalue weighted by Gasteiger charge is -2.51. The molecule has 28 aliphatic rings. The summed E-state index contributed by atoms with van der Waals surface area (Å²) in [5.74, 6) is 0. The van der Waals surface area contributed by atoms with E-state index < -0.39 is 215 Å². The first-order chi connectivity index (χ1) is 57.0. The van der Waals surface area contributed by atoms with Crippen LogP contribution in [0.25, 0.3) is 0 Å². The summed E-state index contributed by atoms with van der Waals surface area (Å²) < 4.78 is 94.9. The lowest BCUT2D eigenvalue weighted by atomic mass is 9.94. The first-order valence-corrected chi connectivity index (χ1v) is 43.6. The summed E-state index contributed by atoms with van der Waals surface area (Å²) in [6, 6.07) is 0. The SMILES string of the molecule is CN1CCN(C[C@H]2O[C@@H]3O[C@H]4[C@H](O)[C@@H](O)[C@@H](O[C@H]5[C@H](O)[C@@H](O)[C@@H](O[C@H]6[C@H](O)[C@@H](O)[C@@H](O[C@H]7[C@H](O)[C@@H](O)[C@@H](O[C@H]8[C@H](O)[C@@H](O)[C@@H](O[C@H]9[C@H](O)[C@@H](O)[C@@H](O[C@H]2[C@H](O)[C@H]3O)O[C@@H]9CN2CCN(C)CC2)O[C@@H]8CN2CCN(C)CC2)O[C@@H]7CN2CCN(C)CC2)O[C@@H]6CN2CCN(C)CC2)O[C@@H]5CN2CCN(C)CC2)O[C@@H]4CN2CCN(C)CC2)CC1. The second-order valence-electron chi connectivity index (χ2n) is 36.6. The second kappa shape index (κ2) is 41.0. The normalized spacial score (nSPS) is 47.8. The summed E-state index contributed by atoms with van der Waals surface area (Å²) in [5.41, 5.74) is 0. The maximum absolute atomic E-state index is 12.8. The number of aliphatic hydroxyl groups excluding tert-OH is 14. The Labute approximate surface area is 697 Å². The van der Waals surface area contributed by atoms with Gasteiger partial charge in [-0.2, -0.15) is 0 Å². The molecule has 28 saturated heterocycles. The van der Waals surface area contributed by atoms with E-state index in [2.05, 4.69) is 68.6 Å². The van der Waals surface area contributed by atoms with E-state index >= 15 is 0 Å². The highest BCUT2D eigenvalue weighted by molar-refractivity contribution is 5.05. The molecule has 0 aromatic rings. The summed E-state index contributed by atoms with van der Waals surface area (Å²) in [5, 5.41) is 177. The fourth-order valence-electron chi connectivity index (χ4n) is 19.4. The predicted molar refractivity (Wildman–Crippen MR) is 416 cm³/mol. The molecule has 42 heteroatoms. The van der Waals surface area contributed by atoms with Crippen LogP contribution in [0.2, 0.25) is 0 Å². The Morgan fingerprint density at radius 1 is 0.151 bits per heavy atom. The summed E-state index contributed by atoms with van der Waals surface area (Å²) in [6.45, 7) is 17.2. The Kier molecular flexibility index (Phi) is 31.7. The molecule has 0 aromatic heterocycles. The van der Waals surface area contributed by atoms with Gasteiger partial charge in [-0.1, -0.05) is 0 Å². The Balaban J connectivity index is 0.793. The van der Waals surface area contributed by atoms with Crippen LogP contribution in [0.1, 0.15) is 0 Å². The second-order valence-corrected chi connectivity index (χ2v) is 36.6. The van der Waals surface area contributed by atoms with Gasteiger partial charge in [0.1, 0.15) is 171 Å². The van der Waals surface area contributed by atoms with Gasteiger partial charge in [-0.25, -0.2) is 0 Å². The van der Waals surface area contributed by atoms with Crippen LogP contribution in [0.4, 0.5) is 0 Å². The largest absolute Gasteiger partial charge is 0.387 e. The first kappa shape index (κ1) is 92.0. The molecule has 0 aliphatic carbocycles. The molecule has 42 nitrogen and oxygen atoms in total. The van der Waals surface area contributed by atoms with E-state index in [9.17, 15) is 71.5 Å². The topological polar surface area (TPSA) is 458 Å². The van der Waals surface area contributed by atoms with E-state index in [4.69, 9.17) is 66.3 Å². The highest BCUT2D eigenvalue weighted by Crippen LogP contribution is 2.41. The molecule has 14 N–H and O–H groups in total. The lowest BCUT2D eigenvalue weighted by Crippen LogP contribution is -2.69. The van der Waals surface area contributed by atoms with Crippen molar-refractivity contribution >= 4 is 0 Å². The molecular formula is C77H140N14O28. The maximum Gasteiger partial charge on any atom is 0.187 e. The molecule has 35 atom stereocenters. The quantitative estimate of drug-likeness (QED) is 0.0768. The third kappa shape index (κ3) is 21.8. The van der Waals surface area contributed by atoms with Gasteiger partial charge in [0, 0.05) is 229 Å². The maximum atomic E-state index is 12.8. The minimum atomic E-state index is -1.98. The Morgan fingerprint density at radius 2 is 0.252 bits per heavy atom. The number of nitrogens with zero attached hydrogens (tertiary/aromatic N) is 14. The van der Waals surface area contributed by atoms with Crippen LogP contribution in [0.5, 0.6) is 0 Å². The number of ether oxygens (including phenoxy) is 14. The van der Waals surface area contributed by atoms with Gasteiger partial charge in [0.05, 0.1) is 0 Å². The summed E-state index contributed by atoms with van der Waals surface area (Å²) in [6.07, 6.45) is -58.8. The van der Waals surface area contributed by atoms with Crippen LogP contribution in [-0.2, 0) is 66.3 Å². The number of piperazine rings is 7. The van der Waals surface area contributed by atoms with Gasteiger partial charge in [-0.3, -0.25) is 34.3 Å². The van der Waals surface area contributed by atoms with Gasteiger partial charge < -0.3 is 172 Å². The monoisotopic (exact) mass is 1710 g/mol. The van der Waals surface area contributed by atoms with E-state index in [0.717, 1.165) is 0 Å². The number of hydrogen-bond acceptors (Lipinski definition) is 42. The van der Waals surface area contributed by atoms with Gasteiger partial charge in [0.2, 0.25) is 0 Å². The Bertz CT molecular complexity index is 2530. The average molecular weight is 1710 g/mol. The lowest BCUT2D eigenvalue weighted by molar-refractivity contribution is -0.394. The van der Waals surface area contributed by atoms with Crippen molar-refractivity contribution in [2.45, 2.75) is 215 Å². The van der Waals surface area contributed by atoms with Gasteiger partial charge >= 0.3 is 0 Å². The number of rotatable bonds is 14.